The van der Waals surface area contributed by atoms with Gasteiger partial charge < -0.3 is 20.0 Å². The molecule has 0 aliphatic carbocycles. The maximum Gasteiger partial charge on any atom is 0.278 e. The molecule has 0 radical (unpaired) electrons. The Balaban J connectivity index is 1.52. The molecule has 3 N–H and O–H groups in total. The predicted molar refractivity (Wildman–Crippen MR) is 126 cm³/mol. The van der Waals surface area contributed by atoms with E-state index >= 15 is 0 Å². The van der Waals surface area contributed by atoms with Gasteiger partial charge in [-0.2, -0.15) is 0 Å². The third-order valence-corrected chi connectivity index (χ3v) is 5.56. The maximum absolute atomic E-state index is 13.0. The van der Waals surface area contributed by atoms with Crippen LogP contribution in [0, 0.1) is 18.6 Å². The second-order valence-corrected chi connectivity index (χ2v) is 8.09. The molecule has 0 bridgehead atoms. The highest BCUT2D eigenvalue weighted by molar-refractivity contribution is 7.71. The molecule has 0 aliphatic heterocycles. The van der Waals surface area contributed by atoms with E-state index in [2.05, 4.69) is 21.4 Å². The van der Waals surface area contributed by atoms with Crippen LogP contribution in [-0.2, 0) is 11.3 Å². The Labute approximate surface area is 184 Å². The zero-order valence-corrected chi connectivity index (χ0v) is 18.5. The first-order valence-corrected chi connectivity index (χ1v) is 10.5. The number of amides is 1. The molecule has 0 saturated carbocycles. The van der Waals surface area contributed by atoms with Gasteiger partial charge in [-0.15, -0.1) is 0 Å². The largest absolute Gasteiger partial charge is 0.497 e. The number of carbonyl (C=O) groups excluding carboxylic acids is 1. The van der Waals surface area contributed by atoms with Crippen molar-refractivity contribution in [3.8, 4) is 5.75 Å². The normalized spacial score (nSPS) is 11.2. The van der Waals surface area contributed by atoms with E-state index in [1.807, 2.05) is 44.2 Å². The molecule has 0 aliphatic rings. The fourth-order valence-corrected chi connectivity index (χ4v) is 4.14. The van der Waals surface area contributed by atoms with Crippen LogP contribution < -0.4 is 15.6 Å². The fraction of sp³-hybridized carbons (Fsp3) is 0.261. The van der Waals surface area contributed by atoms with E-state index < -0.39 is 0 Å². The molecule has 2 heterocycles. The first-order valence-electron chi connectivity index (χ1n) is 10.1. The van der Waals surface area contributed by atoms with Crippen molar-refractivity contribution < 1.29 is 9.53 Å². The van der Waals surface area contributed by atoms with Crippen LogP contribution in [0.1, 0.15) is 24.0 Å². The Morgan fingerprint density at radius 1 is 1.10 bits per heavy atom. The van der Waals surface area contributed by atoms with E-state index in [1.165, 1.54) is 4.57 Å². The lowest BCUT2D eigenvalue weighted by Gasteiger charge is -2.09. The number of rotatable bonds is 6. The summed E-state index contributed by atoms with van der Waals surface area (Å²) in [5.41, 5.74) is 4.71. The highest BCUT2D eigenvalue weighted by Crippen LogP contribution is 2.26. The van der Waals surface area contributed by atoms with Gasteiger partial charge in [0, 0.05) is 29.6 Å². The molecule has 4 rings (SSSR count). The molecule has 1 amide bonds. The average molecular weight is 437 g/mol. The lowest BCUT2D eigenvalue weighted by Crippen LogP contribution is -2.23. The van der Waals surface area contributed by atoms with E-state index in [0.29, 0.717) is 34.5 Å². The molecule has 2 aromatic carbocycles. The number of nitrogens with zero attached hydrogens (tertiary/aromatic N) is 1. The van der Waals surface area contributed by atoms with Gasteiger partial charge in [-0.3, -0.25) is 14.2 Å². The van der Waals surface area contributed by atoms with Crippen LogP contribution in [0.2, 0.25) is 0 Å². The molecule has 4 aromatic rings. The van der Waals surface area contributed by atoms with Crippen LogP contribution in [0.4, 0.5) is 5.69 Å². The topological polar surface area (TPSA) is 91.9 Å². The third kappa shape index (κ3) is 4.25. The summed E-state index contributed by atoms with van der Waals surface area (Å²) in [7, 11) is 1.60. The summed E-state index contributed by atoms with van der Waals surface area (Å²) in [5.74, 6) is 0.610. The van der Waals surface area contributed by atoms with E-state index in [-0.39, 0.29) is 17.9 Å². The predicted octanol–water partition coefficient (Wildman–Crippen LogP) is 4.58. The SMILES string of the molecule is COc1ccc2[nH]c3c(=O)n(CCCC(=O)Nc4cc(C)cc(C)c4)c(=S)[nH]c3c2c1. The van der Waals surface area contributed by atoms with Gasteiger partial charge in [-0.25, -0.2) is 0 Å². The summed E-state index contributed by atoms with van der Waals surface area (Å²) in [6, 6.07) is 11.5. The Bertz CT molecular complexity index is 1390. The van der Waals surface area contributed by atoms with E-state index in [9.17, 15) is 9.59 Å². The molecule has 8 heteroatoms. The summed E-state index contributed by atoms with van der Waals surface area (Å²) >= 11 is 5.43. The highest BCUT2D eigenvalue weighted by Gasteiger charge is 2.13. The van der Waals surface area contributed by atoms with Gasteiger partial charge in [0.05, 0.1) is 12.6 Å². The minimum absolute atomic E-state index is 0.0910. The number of aromatic nitrogens is 3. The van der Waals surface area contributed by atoms with E-state index in [4.69, 9.17) is 17.0 Å². The van der Waals surface area contributed by atoms with Gasteiger partial charge in [-0.05, 0) is 73.9 Å². The number of benzene rings is 2. The van der Waals surface area contributed by atoms with Crippen molar-refractivity contribution in [3.63, 3.8) is 0 Å². The lowest BCUT2D eigenvalue weighted by atomic mass is 10.1. The molecule has 0 saturated heterocycles. The number of hydrogen-bond donors (Lipinski definition) is 3. The summed E-state index contributed by atoms with van der Waals surface area (Å²) in [6.07, 6.45) is 0.781. The molecule has 0 atom stereocenters. The Morgan fingerprint density at radius 3 is 2.55 bits per heavy atom. The van der Waals surface area contributed by atoms with Gasteiger partial charge in [0.15, 0.2) is 4.77 Å². The van der Waals surface area contributed by atoms with Crippen molar-refractivity contribution in [2.24, 2.45) is 0 Å². The Hall–Kier alpha value is -3.39. The standard InChI is InChI=1S/C23H24N4O3S/c1-13-9-14(2)11-15(10-13)24-19(28)5-4-8-27-22(29)21-20(26-23(27)31)17-12-16(30-3)6-7-18(17)25-21/h6-7,9-12,25H,4-5,8H2,1-3H3,(H,24,28)(H,26,31). The zero-order valence-electron chi connectivity index (χ0n) is 17.7. The smallest absolute Gasteiger partial charge is 0.278 e. The zero-order chi connectivity index (χ0) is 22.1. The van der Waals surface area contributed by atoms with Crippen LogP contribution in [-0.4, -0.2) is 27.6 Å². The maximum atomic E-state index is 13.0. The number of methoxy groups -OCH3 is 1. The molecular weight excluding hydrogens is 412 g/mol. The van der Waals surface area contributed by atoms with Gasteiger partial charge in [-0.1, -0.05) is 6.07 Å². The van der Waals surface area contributed by atoms with E-state index in [0.717, 1.165) is 27.7 Å². The quantitative estimate of drug-likeness (QED) is 0.386. The number of H-pyrrole nitrogens is 2. The van der Waals surface area contributed by atoms with Crippen molar-refractivity contribution in [3.05, 3.63) is 62.6 Å². The van der Waals surface area contributed by atoms with Crippen LogP contribution in [0.3, 0.4) is 0 Å². The number of hydrogen-bond acceptors (Lipinski definition) is 4. The Kier molecular flexibility index (Phi) is 5.65. The van der Waals surface area contributed by atoms with Crippen molar-refractivity contribution >= 4 is 45.7 Å². The minimum Gasteiger partial charge on any atom is -0.497 e. The summed E-state index contributed by atoms with van der Waals surface area (Å²) in [6.45, 7) is 4.34. The first kappa shape index (κ1) is 20.9. The number of ether oxygens (including phenoxy) is 1. The first-order chi connectivity index (χ1) is 14.9. The highest BCUT2D eigenvalue weighted by atomic mass is 32.1. The minimum atomic E-state index is -0.205. The van der Waals surface area contributed by atoms with Gasteiger partial charge >= 0.3 is 0 Å². The fourth-order valence-electron chi connectivity index (χ4n) is 3.86. The Morgan fingerprint density at radius 2 is 1.84 bits per heavy atom. The monoisotopic (exact) mass is 436 g/mol. The summed E-state index contributed by atoms with van der Waals surface area (Å²) in [4.78, 5) is 31.7. The van der Waals surface area contributed by atoms with Crippen LogP contribution in [0.15, 0.2) is 41.2 Å². The molecule has 7 nitrogen and oxygen atoms in total. The number of fused-ring (bicyclic) bond motifs is 3. The average Bonchev–Trinajstić information content (AvgIpc) is 3.07. The van der Waals surface area contributed by atoms with Gasteiger partial charge in [0.2, 0.25) is 5.91 Å². The van der Waals surface area contributed by atoms with Gasteiger partial charge in [0.1, 0.15) is 11.3 Å². The van der Waals surface area contributed by atoms with Crippen LogP contribution in [0.25, 0.3) is 21.9 Å². The molecule has 0 spiro atoms. The molecule has 2 aromatic heterocycles. The molecule has 31 heavy (non-hydrogen) atoms. The second-order valence-electron chi connectivity index (χ2n) is 7.70. The van der Waals surface area contributed by atoms with Crippen LogP contribution in [0.5, 0.6) is 5.75 Å². The molecule has 160 valence electrons. The summed E-state index contributed by atoms with van der Waals surface area (Å²) < 4.78 is 7.10. The molecule has 0 unspecified atom stereocenters. The molecular formula is C23H24N4O3S. The third-order valence-electron chi connectivity index (χ3n) is 5.23. The van der Waals surface area contributed by atoms with Crippen molar-refractivity contribution in [1.82, 2.24) is 14.5 Å². The van der Waals surface area contributed by atoms with Crippen molar-refractivity contribution in [2.75, 3.05) is 12.4 Å². The van der Waals surface area contributed by atoms with Crippen molar-refractivity contribution in [1.29, 1.82) is 0 Å². The second kappa shape index (κ2) is 8.39. The number of aromatic amines is 2. The van der Waals surface area contributed by atoms with Crippen LogP contribution >= 0.6 is 12.2 Å². The lowest BCUT2D eigenvalue weighted by molar-refractivity contribution is -0.116. The molecule has 0 fully saturated rings. The number of carbonyl (C=O) groups is 1. The van der Waals surface area contributed by atoms with Gasteiger partial charge in [0.25, 0.3) is 5.56 Å². The van der Waals surface area contributed by atoms with Crippen molar-refractivity contribution in [2.45, 2.75) is 33.2 Å². The summed E-state index contributed by atoms with van der Waals surface area (Å²) in [5, 5.41) is 3.76. The number of aryl methyl sites for hydroxylation is 2. The van der Waals surface area contributed by atoms with E-state index in [1.54, 1.807) is 7.11 Å². The number of anilines is 1. The number of nitrogens with one attached hydrogen (secondary N) is 3.